The van der Waals surface area contributed by atoms with E-state index in [1.54, 1.807) is 18.7 Å². The highest BCUT2D eigenvalue weighted by atomic mass is 16.2. The van der Waals surface area contributed by atoms with Gasteiger partial charge in [0.15, 0.2) is 0 Å². The Morgan fingerprint density at radius 3 is 2.15 bits per heavy atom. The van der Waals surface area contributed by atoms with Crippen LogP contribution >= 0.6 is 0 Å². The van der Waals surface area contributed by atoms with Gasteiger partial charge in [0, 0.05) is 29.8 Å². The van der Waals surface area contributed by atoms with E-state index in [0.717, 1.165) is 22.8 Å². The van der Waals surface area contributed by atoms with Crippen molar-refractivity contribution >= 4 is 11.8 Å². The quantitative estimate of drug-likeness (QED) is 0.700. The Morgan fingerprint density at radius 1 is 0.926 bits per heavy atom. The molecule has 0 aliphatic rings. The van der Waals surface area contributed by atoms with Gasteiger partial charge in [0.05, 0.1) is 16.8 Å². The summed E-state index contributed by atoms with van der Waals surface area (Å²) in [7, 11) is 1.77. The summed E-state index contributed by atoms with van der Waals surface area (Å²) in [4.78, 5) is 25.0. The van der Waals surface area contributed by atoms with Crippen molar-refractivity contribution < 1.29 is 9.59 Å². The zero-order valence-corrected chi connectivity index (χ0v) is 16.1. The lowest BCUT2D eigenvalue weighted by Gasteiger charge is -2.10. The maximum absolute atomic E-state index is 12.6. The minimum Gasteiger partial charge on any atom is -0.318 e. The van der Waals surface area contributed by atoms with Crippen molar-refractivity contribution in [1.29, 1.82) is 0 Å². The van der Waals surface area contributed by atoms with Gasteiger partial charge in [-0.25, -0.2) is 0 Å². The molecule has 3 rings (SSSR count). The fourth-order valence-electron chi connectivity index (χ4n) is 3.31. The molecule has 3 aromatic rings. The number of rotatable bonds is 3. The van der Waals surface area contributed by atoms with E-state index in [-0.39, 0.29) is 11.8 Å². The van der Waals surface area contributed by atoms with Crippen LogP contribution in [0.3, 0.4) is 0 Å². The Labute approximate surface area is 158 Å². The summed E-state index contributed by atoms with van der Waals surface area (Å²) in [5.74, 6) is -0.749. The molecule has 2 heterocycles. The highest BCUT2D eigenvalue weighted by Crippen LogP contribution is 2.20. The zero-order chi connectivity index (χ0) is 19.7. The molecule has 0 spiro atoms. The average Bonchev–Trinajstić information content (AvgIpc) is 3.08. The third-order valence-electron chi connectivity index (χ3n) is 4.72. The number of carbonyl (C=O) groups is 2. The molecule has 140 valence electrons. The van der Waals surface area contributed by atoms with Gasteiger partial charge in [-0.15, -0.1) is 0 Å². The van der Waals surface area contributed by atoms with Gasteiger partial charge in [0.25, 0.3) is 11.8 Å². The predicted molar refractivity (Wildman–Crippen MR) is 103 cm³/mol. The molecule has 0 radical (unpaired) electrons. The molecule has 0 unspecified atom stereocenters. The van der Waals surface area contributed by atoms with Crippen LogP contribution in [0.1, 0.15) is 43.5 Å². The van der Waals surface area contributed by atoms with E-state index in [1.165, 1.54) is 0 Å². The minimum atomic E-state index is -0.386. The molecule has 0 aliphatic carbocycles. The number of carbonyl (C=O) groups excluding carboxylic acids is 2. The molecule has 0 saturated carbocycles. The molecule has 7 heteroatoms. The van der Waals surface area contributed by atoms with E-state index in [0.29, 0.717) is 16.8 Å². The highest BCUT2D eigenvalue weighted by molar-refractivity contribution is 6.00. The van der Waals surface area contributed by atoms with Crippen LogP contribution in [-0.4, -0.2) is 26.2 Å². The van der Waals surface area contributed by atoms with Crippen LogP contribution in [0.2, 0.25) is 0 Å². The van der Waals surface area contributed by atoms with Gasteiger partial charge in [0.2, 0.25) is 0 Å². The minimum absolute atomic E-state index is 0.363. The number of aryl methyl sites for hydroxylation is 3. The number of para-hydroxylation sites is 1. The second-order valence-electron chi connectivity index (χ2n) is 6.53. The lowest BCUT2D eigenvalue weighted by molar-refractivity contribution is 0.0845. The SMILES string of the molecule is Cc1nn(C)c(C)c1C(=O)NNC(=O)c1cc(C)n(-c2ccccc2)c1C. The van der Waals surface area contributed by atoms with Gasteiger partial charge in [-0.2, -0.15) is 5.10 Å². The van der Waals surface area contributed by atoms with E-state index in [4.69, 9.17) is 0 Å². The first kappa shape index (κ1) is 18.4. The number of nitrogens with zero attached hydrogens (tertiary/aromatic N) is 3. The normalized spacial score (nSPS) is 10.7. The van der Waals surface area contributed by atoms with Gasteiger partial charge in [-0.05, 0) is 45.9 Å². The first-order valence-corrected chi connectivity index (χ1v) is 8.66. The van der Waals surface area contributed by atoms with Gasteiger partial charge in [0.1, 0.15) is 0 Å². The smallest absolute Gasteiger partial charge is 0.273 e. The van der Waals surface area contributed by atoms with Crippen molar-refractivity contribution in [2.45, 2.75) is 27.7 Å². The van der Waals surface area contributed by atoms with Gasteiger partial charge < -0.3 is 4.57 Å². The lowest BCUT2D eigenvalue weighted by Crippen LogP contribution is -2.42. The Bertz CT molecular complexity index is 1010. The van der Waals surface area contributed by atoms with Crippen molar-refractivity contribution in [3.05, 3.63) is 70.3 Å². The number of nitrogens with one attached hydrogen (secondary N) is 2. The number of hydrogen-bond acceptors (Lipinski definition) is 3. The van der Waals surface area contributed by atoms with Gasteiger partial charge in [-0.1, -0.05) is 18.2 Å². The van der Waals surface area contributed by atoms with Gasteiger partial charge in [-0.3, -0.25) is 25.1 Å². The van der Waals surface area contributed by atoms with Crippen LogP contribution in [0, 0.1) is 27.7 Å². The standard InChI is InChI=1S/C20H23N5O2/c1-12-11-17(14(3)25(12)16-9-7-6-8-10-16)19(26)21-22-20(27)18-13(2)23-24(5)15(18)4/h6-11H,1-5H3,(H,21,26)(H,22,27). The molecular formula is C20H23N5O2. The topological polar surface area (TPSA) is 81.0 Å². The number of amides is 2. The average molecular weight is 365 g/mol. The van der Waals surface area contributed by atoms with Crippen LogP contribution < -0.4 is 10.9 Å². The Hall–Kier alpha value is -3.35. The van der Waals surface area contributed by atoms with E-state index >= 15 is 0 Å². The molecule has 27 heavy (non-hydrogen) atoms. The molecule has 1 aromatic carbocycles. The fraction of sp³-hybridized carbons (Fsp3) is 0.250. The van der Waals surface area contributed by atoms with E-state index in [9.17, 15) is 9.59 Å². The Balaban J connectivity index is 1.78. The van der Waals surface area contributed by atoms with Crippen molar-refractivity contribution in [1.82, 2.24) is 25.2 Å². The molecule has 0 aliphatic heterocycles. The first-order valence-electron chi connectivity index (χ1n) is 8.66. The summed E-state index contributed by atoms with van der Waals surface area (Å²) in [5, 5.41) is 4.22. The summed E-state index contributed by atoms with van der Waals surface area (Å²) in [6, 6.07) is 11.6. The van der Waals surface area contributed by atoms with E-state index in [1.807, 2.05) is 61.7 Å². The van der Waals surface area contributed by atoms with Gasteiger partial charge >= 0.3 is 0 Å². The van der Waals surface area contributed by atoms with Crippen molar-refractivity contribution in [2.24, 2.45) is 7.05 Å². The molecule has 2 N–H and O–H groups in total. The molecule has 7 nitrogen and oxygen atoms in total. The molecule has 0 bridgehead atoms. The number of hydrazine groups is 1. The second-order valence-corrected chi connectivity index (χ2v) is 6.53. The van der Waals surface area contributed by atoms with Crippen LogP contribution in [0.15, 0.2) is 36.4 Å². The van der Waals surface area contributed by atoms with Crippen LogP contribution in [0.5, 0.6) is 0 Å². The lowest BCUT2D eigenvalue weighted by atomic mass is 10.2. The largest absolute Gasteiger partial charge is 0.318 e. The fourth-order valence-corrected chi connectivity index (χ4v) is 3.31. The number of aromatic nitrogens is 3. The molecule has 0 fully saturated rings. The summed E-state index contributed by atoms with van der Waals surface area (Å²) >= 11 is 0. The highest BCUT2D eigenvalue weighted by Gasteiger charge is 2.20. The molecule has 0 saturated heterocycles. The monoisotopic (exact) mass is 365 g/mol. The van der Waals surface area contributed by atoms with Crippen molar-refractivity contribution in [3.8, 4) is 5.69 Å². The summed E-state index contributed by atoms with van der Waals surface area (Å²) in [6.07, 6.45) is 0. The van der Waals surface area contributed by atoms with E-state index < -0.39 is 0 Å². The molecule has 0 atom stereocenters. The third-order valence-corrected chi connectivity index (χ3v) is 4.72. The first-order chi connectivity index (χ1) is 12.8. The third kappa shape index (κ3) is 3.36. The second kappa shape index (κ2) is 7.11. The molecular weight excluding hydrogens is 342 g/mol. The van der Waals surface area contributed by atoms with Crippen molar-refractivity contribution in [3.63, 3.8) is 0 Å². The van der Waals surface area contributed by atoms with Crippen LogP contribution in [0.4, 0.5) is 0 Å². The maximum atomic E-state index is 12.6. The van der Waals surface area contributed by atoms with Crippen molar-refractivity contribution in [2.75, 3.05) is 0 Å². The van der Waals surface area contributed by atoms with E-state index in [2.05, 4.69) is 16.0 Å². The molecule has 2 aromatic heterocycles. The Kier molecular flexibility index (Phi) is 4.85. The van der Waals surface area contributed by atoms with Crippen LogP contribution in [-0.2, 0) is 7.05 Å². The number of benzene rings is 1. The maximum Gasteiger partial charge on any atom is 0.273 e. The van der Waals surface area contributed by atoms with Crippen LogP contribution in [0.25, 0.3) is 5.69 Å². The summed E-state index contributed by atoms with van der Waals surface area (Å²) in [5.41, 5.74) is 10.0. The zero-order valence-electron chi connectivity index (χ0n) is 16.1. The molecule has 2 amide bonds. The predicted octanol–water partition coefficient (Wildman–Crippen LogP) is 2.52. The summed E-state index contributed by atoms with van der Waals surface area (Å²) in [6.45, 7) is 7.39. The summed E-state index contributed by atoms with van der Waals surface area (Å²) < 4.78 is 3.64. The Morgan fingerprint density at radius 2 is 1.56 bits per heavy atom. The number of hydrogen-bond donors (Lipinski definition) is 2.